The number of fused-ring (bicyclic) bond motifs is 6. The number of hydrogen-bond donors (Lipinski definition) is 0. The fourth-order valence-electron chi connectivity index (χ4n) is 4.84. The van der Waals surface area contributed by atoms with Crippen molar-refractivity contribution in [3.8, 4) is 23.7 Å². The molecule has 0 saturated carbocycles. The summed E-state index contributed by atoms with van der Waals surface area (Å²) >= 11 is 0. The minimum Gasteiger partial charge on any atom is -0.308 e. The van der Waals surface area contributed by atoms with Gasteiger partial charge in [0.2, 0.25) is 0 Å². The number of nitrogens with zero attached hydrogens (tertiary/aromatic N) is 2. The number of benzene rings is 4. The van der Waals surface area contributed by atoms with Gasteiger partial charge >= 0.3 is 0 Å². The summed E-state index contributed by atoms with van der Waals surface area (Å²) in [5.41, 5.74) is 4.66. The zero-order valence-corrected chi connectivity index (χ0v) is 17.7. The first-order valence-electron chi connectivity index (χ1n) is 10.8. The van der Waals surface area contributed by atoms with Crippen molar-refractivity contribution >= 4 is 43.6 Å². The van der Waals surface area contributed by atoms with Crippen molar-refractivity contribution in [2.75, 3.05) is 0 Å². The predicted octanol–water partition coefficient (Wildman–Crippen LogP) is 6.98. The Balaban J connectivity index is 1.80. The molecular weight excluding hydrogens is 388 g/mol. The largest absolute Gasteiger partial charge is 0.308 e. The lowest BCUT2D eigenvalue weighted by molar-refractivity contribution is 0.601. The second kappa shape index (κ2) is 7.38. The molecule has 0 aliphatic rings. The van der Waals surface area contributed by atoms with Crippen molar-refractivity contribution in [3.05, 3.63) is 97.1 Å². The van der Waals surface area contributed by atoms with Gasteiger partial charge in [-0.3, -0.25) is 0 Å². The van der Waals surface area contributed by atoms with Gasteiger partial charge in [0.1, 0.15) is 0 Å². The van der Waals surface area contributed by atoms with Crippen LogP contribution >= 0.6 is 0 Å². The highest BCUT2D eigenvalue weighted by Crippen LogP contribution is 2.37. The van der Waals surface area contributed by atoms with Gasteiger partial charge in [-0.05, 0) is 49.0 Å². The lowest BCUT2D eigenvalue weighted by atomic mass is 10.2. The van der Waals surface area contributed by atoms with Gasteiger partial charge in [0.25, 0.3) is 0 Å². The Morgan fingerprint density at radius 3 is 1.19 bits per heavy atom. The summed E-state index contributed by atoms with van der Waals surface area (Å²) < 4.78 is 4.71. The van der Waals surface area contributed by atoms with E-state index < -0.39 is 0 Å². The summed E-state index contributed by atoms with van der Waals surface area (Å²) in [6.45, 7) is 1.82. The second-order valence-electron chi connectivity index (χ2n) is 7.83. The Kier molecular flexibility index (Phi) is 4.24. The molecule has 0 fully saturated rings. The maximum atomic E-state index is 3.50. The molecule has 150 valence electrons. The second-order valence-corrected chi connectivity index (χ2v) is 7.83. The average molecular weight is 409 g/mol. The van der Waals surface area contributed by atoms with Crippen LogP contribution in [0.25, 0.3) is 43.6 Å². The first kappa shape index (κ1) is 18.4. The van der Waals surface area contributed by atoms with Gasteiger partial charge in [-0.25, -0.2) is 0 Å². The van der Waals surface area contributed by atoms with Gasteiger partial charge in [-0.1, -0.05) is 78.7 Å². The summed E-state index contributed by atoms with van der Waals surface area (Å²) in [5, 5.41) is 4.93. The van der Waals surface area contributed by atoms with Gasteiger partial charge in [-0.15, -0.1) is 0 Å². The van der Waals surface area contributed by atoms with Gasteiger partial charge in [0.15, 0.2) is 6.17 Å². The minimum absolute atomic E-state index is 0.245. The van der Waals surface area contributed by atoms with Crippen LogP contribution in [0.1, 0.15) is 13.1 Å². The van der Waals surface area contributed by atoms with E-state index in [9.17, 15) is 0 Å². The van der Waals surface area contributed by atoms with Crippen LogP contribution < -0.4 is 0 Å². The first-order chi connectivity index (χ1) is 15.9. The van der Waals surface area contributed by atoms with E-state index in [-0.39, 0.29) is 6.17 Å². The van der Waals surface area contributed by atoms with Gasteiger partial charge in [-0.2, -0.15) is 0 Å². The molecule has 2 heteroatoms. The SMILES string of the molecule is CC#CC#CC(n1c2ccccc2c2ccccc21)n1c2ccccc2c2ccccc21. The molecule has 0 N–H and O–H groups in total. The van der Waals surface area contributed by atoms with E-state index in [0.29, 0.717) is 0 Å². The van der Waals surface area contributed by atoms with E-state index >= 15 is 0 Å². The number of para-hydroxylation sites is 4. The van der Waals surface area contributed by atoms with Crippen molar-refractivity contribution in [3.63, 3.8) is 0 Å². The molecule has 4 aromatic carbocycles. The molecule has 0 spiro atoms. The van der Waals surface area contributed by atoms with E-state index in [1.165, 1.54) is 43.6 Å². The lowest BCUT2D eigenvalue weighted by Gasteiger charge is -2.20. The van der Waals surface area contributed by atoms with Gasteiger partial charge in [0.05, 0.1) is 22.1 Å². The van der Waals surface area contributed by atoms with Crippen molar-refractivity contribution in [2.24, 2.45) is 0 Å². The van der Waals surface area contributed by atoms with Crippen LogP contribution in [0.15, 0.2) is 97.1 Å². The average Bonchev–Trinajstić information content (AvgIpc) is 3.36. The molecule has 0 bridgehead atoms. The van der Waals surface area contributed by atoms with Crippen LogP contribution in [0.4, 0.5) is 0 Å². The van der Waals surface area contributed by atoms with Crippen LogP contribution in [0.5, 0.6) is 0 Å². The van der Waals surface area contributed by atoms with E-state index in [0.717, 1.165) is 0 Å². The molecule has 6 aromatic rings. The quantitative estimate of drug-likeness (QED) is 0.274. The molecule has 2 aromatic heterocycles. The Hall–Kier alpha value is -4.40. The van der Waals surface area contributed by atoms with Crippen LogP contribution in [0.2, 0.25) is 0 Å². The van der Waals surface area contributed by atoms with Gasteiger partial charge < -0.3 is 9.13 Å². The molecule has 2 heterocycles. The third-order valence-corrected chi connectivity index (χ3v) is 6.11. The lowest BCUT2D eigenvalue weighted by Crippen LogP contribution is -2.16. The zero-order chi connectivity index (χ0) is 21.5. The smallest absolute Gasteiger partial charge is 0.175 e. The minimum atomic E-state index is -0.245. The molecule has 2 nitrogen and oxygen atoms in total. The molecule has 0 aliphatic heterocycles. The van der Waals surface area contributed by atoms with Crippen LogP contribution in [-0.2, 0) is 0 Å². The van der Waals surface area contributed by atoms with Crippen molar-refractivity contribution in [1.29, 1.82) is 0 Å². The highest BCUT2D eigenvalue weighted by atomic mass is 15.2. The Bertz CT molecular complexity index is 1540. The predicted molar refractivity (Wildman–Crippen MR) is 135 cm³/mol. The number of aromatic nitrogens is 2. The molecule has 0 radical (unpaired) electrons. The summed E-state index contributed by atoms with van der Waals surface area (Å²) in [5.74, 6) is 12.5. The fourth-order valence-corrected chi connectivity index (χ4v) is 4.84. The Morgan fingerprint density at radius 2 is 0.844 bits per heavy atom. The maximum absolute atomic E-state index is 3.50. The van der Waals surface area contributed by atoms with E-state index in [1.807, 2.05) is 6.92 Å². The first-order valence-corrected chi connectivity index (χ1v) is 10.8. The highest BCUT2D eigenvalue weighted by Gasteiger charge is 2.22. The molecule has 0 amide bonds. The van der Waals surface area contributed by atoms with Crippen LogP contribution in [-0.4, -0.2) is 9.13 Å². The summed E-state index contributed by atoms with van der Waals surface area (Å²) in [4.78, 5) is 0. The fraction of sp³-hybridized carbons (Fsp3) is 0.0667. The monoisotopic (exact) mass is 408 g/mol. The van der Waals surface area contributed by atoms with Gasteiger partial charge in [0, 0.05) is 21.5 Å². The summed E-state index contributed by atoms with van der Waals surface area (Å²) in [6, 6.07) is 34.3. The summed E-state index contributed by atoms with van der Waals surface area (Å²) in [6.07, 6.45) is -0.245. The van der Waals surface area contributed by atoms with Crippen molar-refractivity contribution in [1.82, 2.24) is 9.13 Å². The molecule has 0 aliphatic carbocycles. The van der Waals surface area contributed by atoms with E-state index in [2.05, 4.69) is 130 Å². The standard InChI is InChI=1S/C30H20N2/c1-2-3-4-21-30(31-26-17-9-5-13-22(26)23-14-6-10-18-27(23)31)32-28-19-11-7-15-24(28)25-16-8-12-20-29(25)32/h5-20,30H,1H3. The van der Waals surface area contributed by atoms with Crippen LogP contribution in [0.3, 0.4) is 0 Å². The molecule has 6 rings (SSSR count). The molecule has 0 atom stereocenters. The highest BCUT2D eigenvalue weighted by molar-refractivity contribution is 6.10. The summed E-state index contributed by atoms with van der Waals surface area (Å²) in [7, 11) is 0. The van der Waals surface area contributed by atoms with Crippen LogP contribution in [0, 0.1) is 23.7 Å². The maximum Gasteiger partial charge on any atom is 0.175 e. The topological polar surface area (TPSA) is 9.86 Å². The van der Waals surface area contributed by atoms with Crippen molar-refractivity contribution < 1.29 is 0 Å². The molecule has 32 heavy (non-hydrogen) atoms. The molecule has 0 unspecified atom stereocenters. The Labute approximate surface area is 186 Å². The molecular formula is C30H20N2. The third kappa shape index (κ3) is 2.64. The zero-order valence-electron chi connectivity index (χ0n) is 17.7. The number of hydrogen-bond acceptors (Lipinski definition) is 0. The van der Waals surface area contributed by atoms with E-state index in [4.69, 9.17) is 0 Å². The normalized spacial score (nSPS) is 11.1. The van der Waals surface area contributed by atoms with E-state index in [1.54, 1.807) is 0 Å². The Morgan fingerprint density at radius 1 is 0.500 bits per heavy atom. The third-order valence-electron chi connectivity index (χ3n) is 6.11. The molecule has 0 saturated heterocycles. The van der Waals surface area contributed by atoms with Crippen molar-refractivity contribution in [2.45, 2.75) is 13.1 Å². The number of rotatable bonds is 2.